The molecule has 0 aliphatic heterocycles. The maximum atomic E-state index is 10.8. The summed E-state index contributed by atoms with van der Waals surface area (Å²) < 4.78 is 4.50. The summed E-state index contributed by atoms with van der Waals surface area (Å²) >= 11 is 0. The van der Waals surface area contributed by atoms with Crippen molar-refractivity contribution in [1.29, 1.82) is 0 Å². The molecule has 0 N–H and O–H groups in total. The largest absolute Gasteiger partial charge is 0.466 e. The molecule has 20 heavy (non-hydrogen) atoms. The van der Waals surface area contributed by atoms with Gasteiger partial charge >= 0.3 is 5.97 Å². The van der Waals surface area contributed by atoms with Gasteiger partial charge in [-0.1, -0.05) is 82.9 Å². The van der Waals surface area contributed by atoms with Gasteiger partial charge in [-0.2, -0.15) is 0 Å². The number of methoxy groups -OCH3 is 1. The monoisotopic (exact) mass is 280 g/mol. The van der Waals surface area contributed by atoms with Crippen LogP contribution in [0.4, 0.5) is 0 Å². The third kappa shape index (κ3) is 15.0. The molecule has 0 saturated heterocycles. The second-order valence-electron chi connectivity index (χ2n) is 5.28. The zero-order valence-corrected chi connectivity index (χ0v) is 13.4. The summed E-state index contributed by atoms with van der Waals surface area (Å²) in [4.78, 5) is 10.8. The first-order valence-corrected chi connectivity index (χ1v) is 8.22. The summed E-state index contributed by atoms with van der Waals surface area (Å²) in [6.07, 6.45) is 22.0. The first-order chi connectivity index (χ1) is 9.81. The molecule has 0 unspecified atom stereocenters. The molecule has 0 heterocycles. The highest BCUT2D eigenvalue weighted by Gasteiger charge is 1.91. The number of esters is 1. The van der Waals surface area contributed by atoms with Crippen LogP contribution in [0.1, 0.15) is 77.6 Å². The Bertz CT molecular complexity index is 267. The predicted molar refractivity (Wildman–Crippen MR) is 86.8 cm³/mol. The summed E-state index contributed by atoms with van der Waals surface area (Å²) in [5, 5.41) is 0. The van der Waals surface area contributed by atoms with E-state index in [1.54, 1.807) is 6.08 Å². The van der Waals surface area contributed by atoms with Crippen LogP contribution in [0.3, 0.4) is 0 Å². The summed E-state index contributed by atoms with van der Waals surface area (Å²) in [6.45, 7) is 2.26. The maximum absolute atomic E-state index is 10.8. The topological polar surface area (TPSA) is 26.3 Å². The molecule has 0 fully saturated rings. The lowest BCUT2D eigenvalue weighted by atomic mass is 10.1. The third-order valence-corrected chi connectivity index (χ3v) is 3.41. The molecule has 0 atom stereocenters. The summed E-state index contributed by atoms with van der Waals surface area (Å²) in [5.41, 5.74) is 0. The smallest absolute Gasteiger partial charge is 0.330 e. The second-order valence-corrected chi connectivity index (χ2v) is 5.28. The van der Waals surface area contributed by atoms with Crippen LogP contribution < -0.4 is 0 Å². The molecule has 0 rings (SSSR count). The number of hydrogen-bond acceptors (Lipinski definition) is 2. The first kappa shape index (κ1) is 18.9. The molecule has 0 aliphatic rings. The fraction of sp³-hybridized carbons (Fsp3) is 0.722. The van der Waals surface area contributed by atoms with Crippen molar-refractivity contribution in [3.05, 3.63) is 24.3 Å². The third-order valence-electron chi connectivity index (χ3n) is 3.41. The molecule has 0 aromatic rings. The number of rotatable bonds is 13. The van der Waals surface area contributed by atoms with E-state index in [0.29, 0.717) is 0 Å². The van der Waals surface area contributed by atoms with Gasteiger partial charge in [-0.3, -0.25) is 0 Å². The van der Waals surface area contributed by atoms with Crippen molar-refractivity contribution in [2.24, 2.45) is 0 Å². The van der Waals surface area contributed by atoms with Gasteiger partial charge in [-0.15, -0.1) is 0 Å². The zero-order chi connectivity index (χ0) is 14.9. The lowest BCUT2D eigenvalue weighted by molar-refractivity contribution is -0.134. The van der Waals surface area contributed by atoms with E-state index in [0.717, 1.165) is 6.42 Å². The average molecular weight is 280 g/mol. The highest BCUT2D eigenvalue weighted by molar-refractivity contribution is 5.82. The van der Waals surface area contributed by atoms with E-state index >= 15 is 0 Å². The van der Waals surface area contributed by atoms with Crippen molar-refractivity contribution in [2.75, 3.05) is 7.11 Å². The highest BCUT2D eigenvalue weighted by atomic mass is 16.5. The van der Waals surface area contributed by atoms with Crippen LogP contribution in [0, 0.1) is 0 Å². The average Bonchev–Trinajstić information content (AvgIpc) is 2.47. The Morgan fingerprint density at radius 3 is 1.95 bits per heavy atom. The molecular formula is C18H32O2. The molecule has 2 heteroatoms. The predicted octanol–water partition coefficient (Wildman–Crippen LogP) is 5.58. The molecule has 0 aliphatic carbocycles. The van der Waals surface area contributed by atoms with Crippen molar-refractivity contribution in [3.8, 4) is 0 Å². The van der Waals surface area contributed by atoms with Gasteiger partial charge in [-0.25, -0.2) is 4.79 Å². The van der Waals surface area contributed by atoms with E-state index < -0.39 is 0 Å². The molecule has 2 nitrogen and oxygen atoms in total. The van der Waals surface area contributed by atoms with Gasteiger partial charge in [0.2, 0.25) is 0 Å². The number of allylic oxidation sites excluding steroid dienone is 3. The lowest BCUT2D eigenvalue weighted by Gasteiger charge is -2.01. The fourth-order valence-corrected chi connectivity index (χ4v) is 2.13. The number of ether oxygens (including phenoxy) is 1. The second kappa shape index (κ2) is 16.0. The minimum absolute atomic E-state index is 0.298. The van der Waals surface area contributed by atoms with Crippen LogP contribution >= 0.6 is 0 Å². The van der Waals surface area contributed by atoms with E-state index in [4.69, 9.17) is 0 Å². The van der Waals surface area contributed by atoms with E-state index in [1.165, 1.54) is 77.4 Å². The Morgan fingerprint density at radius 2 is 1.40 bits per heavy atom. The number of unbranched alkanes of at least 4 members (excludes halogenated alkanes) is 10. The van der Waals surface area contributed by atoms with Gasteiger partial charge in [-0.05, 0) is 12.8 Å². The zero-order valence-electron chi connectivity index (χ0n) is 13.4. The van der Waals surface area contributed by atoms with E-state index in [-0.39, 0.29) is 5.97 Å². The van der Waals surface area contributed by atoms with Gasteiger partial charge in [0.1, 0.15) is 0 Å². The molecule has 0 radical (unpaired) electrons. The molecule has 0 aromatic heterocycles. The molecule has 0 aromatic carbocycles. The Hall–Kier alpha value is -1.05. The quantitative estimate of drug-likeness (QED) is 0.190. The van der Waals surface area contributed by atoms with Crippen LogP contribution in [-0.2, 0) is 9.53 Å². The molecule has 0 saturated carbocycles. The summed E-state index contributed by atoms with van der Waals surface area (Å²) in [5.74, 6) is -0.298. The molecule has 116 valence electrons. The fourth-order valence-electron chi connectivity index (χ4n) is 2.13. The van der Waals surface area contributed by atoms with Crippen LogP contribution in [0.2, 0.25) is 0 Å². The normalized spacial score (nSPS) is 11.5. The summed E-state index contributed by atoms with van der Waals surface area (Å²) in [6, 6.07) is 0. The van der Waals surface area contributed by atoms with Gasteiger partial charge < -0.3 is 4.74 Å². The van der Waals surface area contributed by atoms with Gasteiger partial charge in [0.05, 0.1) is 7.11 Å². The van der Waals surface area contributed by atoms with Gasteiger partial charge in [0.25, 0.3) is 0 Å². The SMILES string of the molecule is CCCCCCCCCCCCC=CC=CC(=O)OC. The van der Waals surface area contributed by atoms with E-state index in [9.17, 15) is 4.79 Å². The van der Waals surface area contributed by atoms with Crippen molar-refractivity contribution < 1.29 is 9.53 Å². The Kier molecular flexibility index (Phi) is 15.2. The maximum Gasteiger partial charge on any atom is 0.330 e. The first-order valence-electron chi connectivity index (χ1n) is 8.22. The Morgan fingerprint density at radius 1 is 0.850 bits per heavy atom. The summed E-state index contributed by atoms with van der Waals surface area (Å²) in [7, 11) is 1.39. The van der Waals surface area contributed by atoms with Crippen LogP contribution in [0.25, 0.3) is 0 Å². The van der Waals surface area contributed by atoms with Crippen molar-refractivity contribution in [2.45, 2.75) is 77.6 Å². The van der Waals surface area contributed by atoms with Crippen LogP contribution in [0.5, 0.6) is 0 Å². The molecule has 0 amide bonds. The molecular weight excluding hydrogens is 248 g/mol. The number of carbonyl (C=O) groups excluding carboxylic acids is 1. The van der Waals surface area contributed by atoms with Crippen molar-refractivity contribution >= 4 is 5.97 Å². The van der Waals surface area contributed by atoms with Crippen molar-refractivity contribution in [3.63, 3.8) is 0 Å². The van der Waals surface area contributed by atoms with Crippen LogP contribution in [-0.4, -0.2) is 13.1 Å². The Balaban J connectivity index is 3.18. The standard InChI is InChI=1S/C18H32O2/c1-3-4-5-6-7-8-9-10-11-12-13-14-15-16-17-18(19)20-2/h14-17H,3-13H2,1-2H3. The minimum atomic E-state index is -0.298. The Labute approximate surface area is 125 Å². The van der Waals surface area contributed by atoms with E-state index in [2.05, 4.69) is 17.7 Å². The van der Waals surface area contributed by atoms with E-state index in [1.807, 2.05) is 6.08 Å². The van der Waals surface area contributed by atoms with Crippen LogP contribution in [0.15, 0.2) is 24.3 Å². The lowest BCUT2D eigenvalue weighted by Crippen LogP contribution is -1.92. The van der Waals surface area contributed by atoms with Crippen molar-refractivity contribution in [1.82, 2.24) is 0 Å². The molecule has 0 bridgehead atoms. The van der Waals surface area contributed by atoms with Gasteiger partial charge in [0.15, 0.2) is 0 Å². The van der Waals surface area contributed by atoms with Gasteiger partial charge in [0, 0.05) is 6.08 Å². The number of carbonyl (C=O) groups is 1. The highest BCUT2D eigenvalue weighted by Crippen LogP contribution is 2.11. The number of hydrogen-bond donors (Lipinski definition) is 0. The minimum Gasteiger partial charge on any atom is -0.466 e. The molecule has 0 spiro atoms.